The maximum atomic E-state index is 12.8. The Morgan fingerprint density at radius 1 is 1.15 bits per heavy atom. The van der Waals surface area contributed by atoms with E-state index in [0.29, 0.717) is 28.8 Å². The largest absolute Gasteiger partial charge is 0.293 e. The number of benzene rings is 2. The lowest BCUT2D eigenvalue weighted by Gasteiger charge is -2.10. The summed E-state index contributed by atoms with van der Waals surface area (Å²) in [7, 11) is 0. The first kappa shape index (κ1) is 17.5. The van der Waals surface area contributed by atoms with Crippen LogP contribution in [-0.4, -0.2) is 14.5 Å². The summed E-state index contributed by atoms with van der Waals surface area (Å²) in [6.45, 7) is 2.65. The van der Waals surface area contributed by atoms with Gasteiger partial charge in [-0.05, 0) is 30.2 Å². The number of aromatic nitrogens is 2. The monoisotopic (exact) mass is 349 g/mol. The third-order valence-electron chi connectivity index (χ3n) is 4.13. The second-order valence-corrected chi connectivity index (χ2v) is 5.98. The maximum Gasteiger partial charge on any atom is 0.270 e. The molecule has 1 heterocycles. The average molecular weight is 349 g/mol. The van der Waals surface area contributed by atoms with Crippen LogP contribution in [0.15, 0.2) is 53.3 Å². The third kappa shape index (κ3) is 3.69. The second-order valence-electron chi connectivity index (χ2n) is 5.98. The van der Waals surface area contributed by atoms with Gasteiger partial charge in [-0.1, -0.05) is 43.7 Å². The Labute approximate surface area is 150 Å². The van der Waals surface area contributed by atoms with Crippen LogP contribution in [0.2, 0.25) is 0 Å². The van der Waals surface area contributed by atoms with Crippen molar-refractivity contribution in [3.05, 3.63) is 80.4 Å². The Bertz CT molecular complexity index is 1040. The third-order valence-corrected chi connectivity index (χ3v) is 4.13. The van der Waals surface area contributed by atoms with E-state index < -0.39 is 4.92 Å². The van der Waals surface area contributed by atoms with Crippen molar-refractivity contribution in [2.45, 2.75) is 26.3 Å². The molecule has 0 N–H and O–H groups in total. The first-order valence-corrected chi connectivity index (χ1v) is 8.52. The molecule has 0 aliphatic rings. The van der Waals surface area contributed by atoms with E-state index in [4.69, 9.17) is 0 Å². The van der Waals surface area contributed by atoms with E-state index in [1.54, 1.807) is 34.9 Å². The van der Waals surface area contributed by atoms with Gasteiger partial charge in [0.25, 0.3) is 11.2 Å². The number of unbranched alkanes of at least 4 members (excludes halogenated alkanes) is 1. The number of hydrogen-bond acceptors (Lipinski definition) is 4. The normalized spacial score (nSPS) is 11.3. The average Bonchev–Trinajstić information content (AvgIpc) is 2.66. The minimum atomic E-state index is -0.428. The number of fused-ring (bicyclic) bond motifs is 1. The van der Waals surface area contributed by atoms with Gasteiger partial charge in [-0.25, -0.2) is 4.98 Å². The quantitative estimate of drug-likeness (QED) is 0.492. The molecule has 1 aromatic heterocycles. The number of nitro benzene ring substituents is 1. The van der Waals surface area contributed by atoms with Crippen molar-refractivity contribution in [2.75, 3.05) is 0 Å². The summed E-state index contributed by atoms with van der Waals surface area (Å²) in [5.41, 5.74) is 1.29. The summed E-state index contributed by atoms with van der Waals surface area (Å²) in [4.78, 5) is 27.9. The lowest BCUT2D eigenvalue weighted by Crippen LogP contribution is -2.24. The Morgan fingerprint density at radius 3 is 2.73 bits per heavy atom. The number of hydrogen-bond donors (Lipinski definition) is 0. The summed E-state index contributed by atoms with van der Waals surface area (Å²) in [6, 6.07) is 13.6. The molecule has 3 aromatic rings. The lowest BCUT2D eigenvalue weighted by atomic mass is 10.2. The molecule has 0 spiro atoms. The number of non-ortho nitro benzene ring substituents is 1. The van der Waals surface area contributed by atoms with Gasteiger partial charge in [0.15, 0.2) is 0 Å². The van der Waals surface area contributed by atoms with Crippen molar-refractivity contribution in [1.29, 1.82) is 0 Å². The predicted molar refractivity (Wildman–Crippen MR) is 103 cm³/mol. The Kier molecular flexibility index (Phi) is 5.22. The van der Waals surface area contributed by atoms with E-state index in [2.05, 4.69) is 11.9 Å². The molecule has 0 amide bonds. The molecule has 0 aliphatic carbocycles. The lowest BCUT2D eigenvalue weighted by molar-refractivity contribution is -0.384. The highest BCUT2D eigenvalue weighted by atomic mass is 16.6. The number of para-hydroxylation sites is 1. The molecule has 6 heteroatoms. The van der Waals surface area contributed by atoms with Crippen LogP contribution in [0, 0.1) is 10.1 Å². The number of nitro groups is 1. The van der Waals surface area contributed by atoms with Crippen LogP contribution in [0.5, 0.6) is 0 Å². The first-order valence-electron chi connectivity index (χ1n) is 8.52. The van der Waals surface area contributed by atoms with Gasteiger partial charge in [0.2, 0.25) is 0 Å². The van der Waals surface area contributed by atoms with Crippen molar-refractivity contribution in [3.8, 4) is 0 Å². The fraction of sp³-hybridized carbons (Fsp3) is 0.200. The van der Waals surface area contributed by atoms with Crippen LogP contribution >= 0.6 is 0 Å². The van der Waals surface area contributed by atoms with Gasteiger partial charge in [0.05, 0.1) is 15.8 Å². The van der Waals surface area contributed by atoms with Gasteiger partial charge in [0.1, 0.15) is 5.82 Å². The maximum absolute atomic E-state index is 12.8. The Morgan fingerprint density at radius 2 is 1.96 bits per heavy atom. The molecule has 0 bridgehead atoms. The van der Waals surface area contributed by atoms with E-state index in [1.165, 1.54) is 12.1 Å². The molecule has 6 nitrogen and oxygen atoms in total. The first-order chi connectivity index (χ1) is 12.6. The van der Waals surface area contributed by atoms with Crippen LogP contribution in [-0.2, 0) is 6.54 Å². The van der Waals surface area contributed by atoms with Gasteiger partial charge in [-0.2, -0.15) is 0 Å². The van der Waals surface area contributed by atoms with E-state index in [9.17, 15) is 14.9 Å². The summed E-state index contributed by atoms with van der Waals surface area (Å²) < 4.78 is 1.67. The van der Waals surface area contributed by atoms with Gasteiger partial charge >= 0.3 is 0 Å². The Hall–Kier alpha value is -3.28. The van der Waals surface area contributed by atoms with E-state index in [1.807, 2.05) is 18.2 Å². The zero-order valence-corrected chi connectivity index (χ0v) is 14.5. The van der Waals surface area contributed by atoms with Crippen molar-refractivity contribution < 1.29 is 4.92 Å². The highest BCUT2D eigenvalue weighted by Gasteiger charge is 2.09. The molecule has 0 saturated heterocycles. The molecule has 0 atom stereocenters. The van der Waals surface area contributed by atoms with Crippen LogP contribution in [0.3, 0.4) is 0 Å². The van der Waals surface area contributed by atoms with E-state index >= 15 is 0 Å². The summed E-state index contributed by atoms with van der Waals surface area (Å²) >= 11 is 0. The molecule has 0 unspecified atom stereocenters. The van der Waals surface area contributed by atoms with E-state index in [0.717, 1.165) is 12.8 Å². The highest BCUT2D eigenvalue weighted by Crippen LogP contribution is 2.16. The zero-order valence-electron chi connectivity index (χ0n) is 14.5. The summed E-state index contributed by atoms with van der Waals surface area (Å²) in [5, 5.41) is 11.5. The molecular formula is C20H19N3O3. The Balaban J connectivity index is 2.06. The van der Waals surface area contributed by atoms with Gasteiger partial charge < -0.3 is 0 Å². The molecule has 0 radical (unpaired) electrons. The van der Waals surface area contributed by atoms with Gasteiger partial charge in [-0.3, -0.25) is 19.5 Å². The predicted octanol–water partition coefficient (Wildman–Crippen LogP) is 4.28. The van der Waals surface area contributed by atoms with Crippen molar-refractivity contribution in [1.82, 2.24) is 9.55 Å². The standard InChI is InChI=1S/C20H19N3O3/c1-2-3-13-22-19(21-18-10-5-4-9-17(18)20(22)24)12-11-15-7-6-8-16(14-15)23(25)26/h4-12,14H,2-3,13H2,1H3/b12-11+. The smallest absolute Gasteiger partial charge is 0.270 e. The molecule has 0 saturated carbocycles. The van der Waals surface area contributed by atoms with Crippen molar-refractivity contribution in [2.24, 2.45) is 0 Å². The molecule has 26 heavy (non-hydrogen) atoms. The summed E-state index contributed by atoms with van der Waals surface area (Å²) in [5.74, 6) is 0.550. The summed E-state index contributed by atoms with van der Waals surface area (Å²) in [6.07, 6.45) is 5.32. The SMILES string of the molecule is CCCCn1c(/C=C/c2cccc([N+](=O)[O-])c2)nc2ccccc2c1=O. The molecule has 3 rings (SSSR count). The van der Waals surface area contributed by atoms with Crippen LogP contribution < -0.4 is 5.56 Å². The minimum Gasteiger partial charge on any atom is -0.293 e. The van der Waals surface area contributed by atoms with Gasteiger partial charge in [0, 0.05) is 18.7 Å². The molecular weight excluding hydrogens is 330 g/mol. The van der Waals surface area contributed by atoms with Crippen molar-refractivity contribution in [3.63, 3.8) is 0 Å². The molecule has 0 fully saturated rings. The fourth-order valence-corrected chi connectivity index (χ4v) is 2.76. The van der Waals surface area contributed by atoms with Crippen LogP contribution in [0.25, 0.3) is 23.1 Å². The van der Waals surface area contributed by atoms with E-state index in [-0.39, 0.29) is 11.2 Å². The number of rotatable bonds is 6. The highest BCUT2D eigenvalue weighted by molar-refractivity contribution is 5.79. The minimum absolute atomic E-state index is 0.0296. The zero-order chi connectivity index (χ0) is 18.5. The van der Waals surface area contributed by atoms with Gasteiger partial charge in [-0.15, -0.1) is 0 Å². The van der Waals surface area contributed by atoms with Crippen LogP contribution in [0.1, 0.15) is 31.2 Å². The topological polar surface area (TPSA) is 78.0 Å². The number of nitrogens with zero attached hydrogens (tertiary/aromatic N) is 3. The molecule has 132 valence electrons. The molecule has 2 aromatic carbocycles. The second kappa shape index (κ2) is 7.74. The van der Waals surface area contributed by atoms with Crippen molar-refractivity contribution >= 4 is 28.7 Å². The molecule has 0 aliphatic heterocycles. The van der Waals surface area contributed by atoms with Crippen LogP contribution in [0.4, 0.5) is 5.69 Å². The fourth-order valence-electron chi connectivity index (χ4n) is 2.76.